The lowest BCUT2D eigenvalue weighted by molar-refractivity contribution is -0.313. The summed E-state index contributed by atoms with van der Waals surface area (Å²) in [6, 6.07) is 0. The van der Waals surface area contributed by atoms with Gasteiger partial charge in [-0.2, -0.15) is 0 Å². The molecule has 0 aromatic heterocycles. The van der Waals surface area contributed by atoms with E-state index in [0.29, 0.717) is 18.4 Å². The van der Waals surface area contributed by atoms with Crippen molar-refractivity contribution >= 4 is 5.97 Å². The van der Waals surface area contributed by atoms with Crippen LogP contribution in [0.3, 0.4) is 0 Å². The Hall–Kier alpha value is -1.03. The molecule has 1 saturated heterocycles. The number of fused-ring (bicyclic) bond motifs is 5. The average molecular weight is 535 g/mol. The van der Waals surface area contributed by atoms with Gasteiger partial charge in [0.25, 0.3) is 0 Å². The third-order valence-electron chi connectivity index (χ3n) is 12.3. The first-order valence-corrected chi connectivity index (χ1v) is 14.8. The standard InChI is InChI=1S/C30H46O8/c1-16-24(32)26(35-4)25(33)27(37-16)38-19-7-10-28(2)18(14-19)5-6-22-21(28)8-11-29(3)20(9-12-30(22,29)34)17-13-23(31)36-15-17/h13,16,18-22,24-27,32-34H,5-12,14-15H2,1-4H3/t16-,18+,19-,20-,21-,22+,24-,25-,26-,27+,28-,29+,30-/m0/s1. The predicted molar refractivity (Wildman–Crippen MR) is 138 cm³/mol. The second-order valence-electron chi connectivity index (χ2n) is 13.7. The van der Waals surface area contributed by atoms with Crippen LogP contribution >= 0.6 is 0 Å². The van der Waals surface area contributed by atoms with E-state index in [1.807, 2.05) is 0 Å². The maximum Gasteiger partial charge on any atom is 0.331 e. The number of esters is 1. The first-order chi connectivity index (χ1) is 18.0. The Kier molecular flexibility index (Phi) is 6.80. The van der Waals surface area contributed by atoms with E-state index in [1.54, 1.807) is 13.0 Å². The number of hydrogen-bond donors (Lipinski definition) is 3. The Morgan fingerprint density at radius 3 is 2.50 bits per heavy atom. The van der Waals surface area contributed by atoms with Crippen molar-refractivity contribution in [1.29, 1.82) is 0 Å². The quantitative estimate of drug-likeness (QED) is 0.372. The lowest BCUT2D eigenvalue weighted by atomic mass is 9.43. The van der Waals surface area contributed by atoms with Gasteiger partial charge in [0.15, 0.2) is 6.29 Å². The number of rotatable bonds is 4. The van der Waals surface area contributed by atoms with E-state index in [4.69, 9.17) is 18.9 Å². The minimum absolute atomic E-state index is 0.0103. The summed E-state index contributed by atoms with van der Waals surface area (Å²) < 4.78 is 22.8. The number of ether oxygens (including phenoxy) is 4. The van der Waals surface area contributed by atoms with Gasteiger partial charge >= 0.3 is 5.97 Å². The van der Waals surface area contributed by atoms with Crippen LogP contribution in [-0.4, -0.2) is 77.4 Å². The van der Waals surface area contributed by atoms with E-state index >= 15 is 0 Å². The largest absolute Gasteiger partial charge is 0.458 e. The number of carbonyl (C=O) groups excluding carboxylic acids is 1. The van der Waals surface area contributed by atoms with Crippen molar-refractivity contribution in [3.05, 3.63) is 11.6 Å². The second-order valence-corrected chi connectivity index (χ2v) is 13.7. The highest BCUT2D eigenvalue weighted by molar-refractivity contribution is 5.85. The highest BCUT2D eigenvalue weighted by Gasteiger charge is 2.67. The summed E-state index contributed by atoms with van der Waals surface area (Å²) in [6.07, 6.45) is 6.45. The SMILES string of the molecule is CO[C@@H]1[C@H](O)[C@@H](O[C@H]2CC[C@@]3(C)[C@H](CC[C@@H]4[C@@H]3CC[C@]3(C)[C@H](C5=CC(=O)OC5)CC[C@]43O)C2)O[C@@H](C)[C@@H]1O. The average Bonchev–Trinajstić information content (AvgIpc) is 3.43. The van der Waals surface area contributed by atoms with Crippen LogP contribution in [0, 0.1) is 34.5 Å². The van der Waals surface area contributed by atoms with E-state index in [2.05, 4.69) is 13.8 Å². The fourth-order valence-corrected chi connectivity index (χ4v) is 10.1. The molecule has 0 bridgehead atoms. The number of cyclic esters (lactones) is 1. The molecule has 8 heteroatoms. The van der Waals surface area contributed by atoms with Gasteiger partial charge in [0.1, 0.15) is 24.9 Å². The highest BCUT2D eigenvalue weighted by Crippen LogP contribution is 2.70. The first-order valence-electron chi connectivity index (χ1n) is 14.8. The third-order valence-corrected chi connectivity index (χ3v) is 12.3. The van der Waals surface area contributed by atoms with Crippen molar-refractivity contribution in [2.24, 2.45) is 34.5 Å². The number of aliphatic hydroxyl groups is 3. The summed E-state index contributed by atoms with van der Waals surface area (Å²) in [4.78, 5) is 11.8. The molecule has 5 fully saturated rings. The zero-order chi connectivity index (χ0) is 27.0. The van der Waals surface area contributed by atoms with Crippen LogP contribution in [0.15, 0.2) is 11.6 Å². The molecule has 38 heavy (non-hydrogen) atoms. The fourth-order valence-electron chi connectivity index (χ4n) is 10.1. The second kappa shape index (κ2) is 9.52. The maximum absolute atomic E-state index is 12.4. The molecule has 0 radical (unpaired) electrons. The van der Waals surface area contributed by atoms with Gasteiger partial charge < -0.3 is 34.3 Å². The van der Waals surface area contributed by atoms with Crippen LogP contribution in [0.5, 0.6) is 0 Å². The van der Waals surface area contributed by atoms with Crippen molar-refractivity contribution < 1.29 is 39.1 Å². The van der Waals surface area contributed by atoms with Crippen LogP contribution < -0.4 is 0 Å². The molecule has 4 saturated carbocycles. The summed E-state index contributed by atoms with van der Waals surface area (Å²) >= 11 is 0. The van der Waals surface area contributed by atoms with Gasteiger partial charge in [-0.25, -0.2) is 4.79 Å². The molecule has 0 amide bonds. The zero-order valence-corrected chi connectivity index (χ0v) is 23.3. The summed E-state index contributed by atoms with van der Waals surface area (Å²) in [5.74, 6) is 1.22. The molecule has 0 spiro atoms. The van der Waals surface area contributed by atoms with Crippen LogP contribution in [-0.2, 0) is 23.7 Å². The van der Waals surface area contributed by atoms with E-state index in [-0.39, 0.29) is 34.7 Å². The Morgan fingerprint density at radius 1 is 1.00 bits per heavy atom. The van der Waals surface area contributed by atoms with E-state index in [9.17, 15) is 20.1 Å². The van der Waals surface area contributed by atoms with Crippen molar-refractivity contribution in [3.63, 3.8) is 0 Å². The van der Waals surface area contributed by atoms with Crippen LogP contribution in [0.4, 0.5) is 0 Å². The summed E-state index contributed by atoms with van der Waals surface area (Å²) in [7, 11) is 1.49. The van der Waals surface area contributed by atoms with Gasteiger partial charge in [0.05, 0.1) is 17.8 Å². The molecule has 13 atom stereocenters. The van der Waals surface area contributed by atoms with Crippen molar-refractivity contribution in [3.8, 4) is 0 Å². The lowest BCUT2D eigenvalue weighted by Gasteiger charge is -2.64. The topological polar surface area (TPSA) is 115 Å². The van der Waals surface area contributed by atoms with E-state index in [1.165, 1.54) is 7.11 Å². The predicted octanol–water partition coefficient (Wildman–Crippen LogP) is 3.11. The van der Waals surface area contributed by atoms with E-state index in [0.717, 1.165) is 63.4 Å². The molecule has 0 aromatic carbocycles. The third kappa shape index (κ3) is 3.88. The van der Waals surface area contributed by atoms with Crippen molar-refractivity contribution in [1.82, 2.24) is 0 Å². The van der Waals surface area contributed by atoms with Crippen LogP contribution in [0.2, 0.25) is 0 Å². The van der Waals surface area contributed by atoms with Gasteiger partial charge in [-0.15, -0.1) is 0 Å². The summed E-state index contributed by atoms with van der Waals surface area (Å²) in [5.41, 5.74) is 0.300. The number of aliphatic hydroxyl groups excluding tert-OH is 2. The molecular weight excluding hydrogens is 488 g/mol. The fraction of sp³-hybridized carbons (Fsp3) is 0.900. The monoisotopic (exact) mass is 534 g/mol. The molecule has 6 aliphatic rings. The molecule has 214 valence electrons. The van der Waals surface area contributed by atoms with Gasteiger partial charge in [0.2, 0.25) is 0 Å². The zero-order valence-electron chi connectivity index (χ0n) is 23.3. The van der Waals surface area contributed by atoms with E-state index < -0.39 is 36.3 Å². The molecule has 6 rings (SSSR count). The molecule has 2 heterocycles. The molecular formula is C30H46O8. The van der Waals surface area contributed by atoms with Crippen LogP contribution in [0.1, 0.15) is 78.6 Å². The highest BCUT2D eigenvalue weighted by atomic mass is 16.7. The Morgan fingerprint density at radius 2 is 1.79 bits per heavy atom. The Bertz CT molecular complexity index is 968. The minimum Gasteiger partial charge on any atom is -0.458 e. The van der Waals surface area contributed by atoms with Gasteiger partial charge in [-0.1, -0.05) is 13.8 Å². The van der Waals surface area contributed by atoms with Crippen molar-refractivity contribution in [2.45, 2.75) is 121 Å². The molecule has 8 nitrogen and oxygen atoms in total. The van der Waals surface area contributed by atoms with Gasteiger partial charge in [0, 0.05) is 18.6 Å². The summed E-state index contributed by atoms with van der Waals surface area (Å²) in [5, 5.41) is 33.5. The number of carbonyl (C=O) groups is 1. The molecule has 3 N–H and O–H groups in total. The Labute approximate surface area is 226 Å². The maximum atomic E-state index is 12.4. The molecule has 0 unspecified atom stereocenters. The molecule has 2 aliphatic heterocycles. The molecule has 0 aromatic rings. The summed E-state index contributed by atoms with van der Waals surface area (Å²) in [6.45, 7) is 6.87. The lowest BCUT2D eigenvalue weighted by Crippen LogP contribution is -2.62. The van der Waals surface area contributed by atoms with Crippen molar-refractivity contribution in [2.75, 3.05) is 13.7 Å². The number of hydrogen-bond acceptors (Lipinski definition) is 8. The number of methoxy groups -OCH3 is 1. The smallest absolute Gasteiger partial charge is 0.331 e. The van der Waals surface area contributed by atoms with Gasteiger partial charge in [-0.3, -0.25) is 0 Å². The molecule has 4 aliphatic carbocycles. The normalized spacial score (nSPS) is 54.5. The first kappa shape index (κ1) is 27.2. The van der Waals surface area contributed by atoms with Gasteiger partial charge in [-0.05, 0) is 99.4 Å². The minimum atomic E-state index is -1.04. The van der Waals surface area contributed by atoms with Crippen LogP contribution in [0.25, 0.3) is 0 Å². The Balaban J connectivity index is 1.16.